The molecule has 1 aliphatic rings. The highest BCUT2D eigenvalue weighted by Gasteiger charge is 2.30. The number of cyclic esters (lactones) is 1. The van der Waals surface area contributed by atoms with Gasteiger partial charge < -0.3 is 9.64 Å². The van der Waals surface area contributed by atoms with Crippen LogP contribution in [0.4, 0.5) is 0 Å². The lowest BCUT2D eigenvalue weighted by molar-refractivity contribution is -0.130. The fourth-order valence-electron chi connectivity index (χ4n) is 2.85. The second kappa shape index (κ2) is 6.31. The van der Waals surface area contributed by atoms with E-state index in [1.807, 2.05) is 59.8 Å². The average molecular weight is 367 g/mol. The van der Waals surface area contributed by atoms with Gasteiger partial charge in [-0.15, -0.1) is 0 Å². The first kappa shape index (κ1) is 16.4. The average Bonchev–Trinajstić information content (AvgIpc) is 3.20. The molecule has 4 rings (SSSR count). The molecule has 0 bridgehead atoms. The molecule has 0 unspecified atom stereocenters. The van der Waals surface area contributed by atoms with E-state index in [0.29, 0.717) is 16.4 Å². The van der Waals surface area contributed by atoms with Crippen LogP contribution in [-0.4, -0.2) is 40.2 Å². The number of benzene rings is 1. The van der Waals surface area contributed by atoms with Crippen LogP contribution < -0.4 is 0 Å². The maximum Gasteiger partial charge on any atom is 0.366 e. The van der Waals surface area contributed by atoms with Crippen molar-refractivity contribution in [3.63, 3.8) is 0 Å². The van der Waals surface area contributed by atoms with Crippen molar-refractivity contribution < 1.29 is 9.53 Å². The van der Waals surface area contributed by atoms with Crippen molar-refractivity contribution in [2.45, 2.75) is 0 Å². The van der Waals surface area contributed by atoms with E-state index in [4.69, 9.17) is 16.3 Å². The Balaban J connectivity index is 1.91. The molecule has 2 aromatic heterocycles. The third-order valence-corrected chi connectivity index (χ3v) is 4.22. The van der Waals surface area contributed by atoms with Crippen molar-refractivity contribution in [3.05, 3.63) is 76.8 Å². The summed E-state index contributed by atoms with van der Waals surface area (Å²) in [5.74, 6) is -0.207. The van der Waals surface area contributed by atoms with Gasteiger partial charge in [-0.2, -0.15) is 0 Å². The third kappa shape index (κ3) is 2.74. The molecule has 3 aromatic rings. The molecule has 7 heteroatoms. The van der Waals surface area contributed by atoms with E-state index in [0.717, 1.165) is 11.2 Å². The quantitative estimate of drug-likeness (QED) is 0.527. The summed E-state index contributed by atoms with van der Waals surface area (Å²) in [4.78, 5) is 23.2. The summed E-state index contributed by atoms with van der Waals surface area (Å²) in [5.41, 5.74) is 3.02. The second-order valence-electron chi connectivity index (χ2n) is 5.98. The summed E-state index contributed by atoms with van der Waals surface area (Å²) >= 11 is 6.13. The largest absolute Gasteiger partial charge is 0.402 e. The zero-order valence-electron chi connectivity index (χ0n) is 14.2. The number of nitrogens with zero attached hydrogens (tertiary/aromatic N) is 4. The molecule has 1 aliphatic heterocycles. The van der Waals surface area contributed by atoms with Gasteiger partial charge in [0, 0.05) is 25.9 Å². The van der Waals surface area contributed by atoms with Gasteiger partial charge in [-0.25, -0.2) is 14.8 Å². The summed E-state index contributed by atoms with van der Waals surface area (Å²) in [7, 11) is 3.69. The first-order chi connectivity index (χ1) is 12.5. The van der Waals surface area contributed by atoms with Gasteiger partial charge in [-0.1, -0.05) is 29.8 Å². The highest BCUT2D eigenvalue weighted by Crippen LogP contribution is 2.28. The van der Waals surface area contributed by atoms with E-state index in [1.165, 1.54) is 0 Å². The number of aliphatic imine (C=N–C) groups is 1. The minimum absolute atomic E-state index is 0.232. The zero-order chi connectivity index (χ0) is 18.3. The Hall–Kier alpha value is -3.12. The van der Waals surface area contributed by atoms with Crippen LogP contribution >= 0.6 is 11.6 Å². The topological polar surface area (TPSA) is 59.2 Å². The number of aromatic nitrogens is 2. The first-order valence-electron chi connectivity index (χ1n) is 7.95. The normalized spacial score (nSPS) is 15.8. The predicted molar refractivity (Wildman–Crippen MR) is 99.9 cm³/mol. The van der Waals surface area contributed by atoms with Crippen molar-refractivity contribution >= 4 is 34.8 Å². The number of halogens is 1. The number of carbonyl (C=O) groups excluding carboxylic acids is 1. The molecule has 0 N–H and O–H groups in total. The van der Waals surface area contributed by atoms with Gasteiger partial charge in [0.05, 0.1) is 22.6 Å². The first-order valence-corrected chi connectivity index (χ1v) is 8.33. The fraction of sp³-hybridized carbons (Fsp3) is 0.105. The molecule has 0 saturated heterocycles. The van der Waals surface area contributed by atoms with Crippen LogP contribution in [0, 0.1) is 0 Å². The van der Waals surface area contributed by atoms with Gasteiger partial charge in [0.15, 0.2) is 5.70 Å². The fourth-order valence-corrected chi connectivity index (χ4v) is 3.01. The molecule has 0 aliphatic carbocycles. The second-order valence-corrected chi connectivity index (χ2v) is 6.42. The van der Waals surface area contributed by atoms with Crippen molar-refractivity contribution in [3.8, 4) is 0 Å². The van der Waals surface area contributed by atoms with Gasteiger partial charge in [-0.3, -0.25) is 4.40 Å². The van der Waals surface area contributed by atoms with Crippen molar-refractivity contribution in [1.29, 1.82) is 0 Å². The van der Waals surface area contributed by atoms with Crippen molar-refractivity contribution in [2.24, 2.45) is 4.99 Å². The summed E-state index contributed by atoms with van der Waals surface area (Å²) < 4.78 is 7.22. The van der Waals surface area contributed by atoms with Crippen LogP contribution in [0.1, 0.15) is 11.3 Å². The Labute approximate surface area is 155 Å². The van der Waals surface area contributed by atoms with Gasteiger partial charge in [-0.05, 0) is 24.3 Å². The van der Waals surface area contributed by atoms with Crippen LogP contribution in [0.25, 0.3) is 11.3 Å². The SMILES string of the molecule is CN(C)/C(=C1\N=C(c2ccccc2)OC1=O)c1cnc2ccc(Cl)cn12. The Kier molecular flexibility index (Phi) is 3.97. The van der Waals surface area contributed by atoms with Crippen molar-refractivity contribution in [1.82, 2.24) is 14.3 Å². The Morgan fingerprint density at radius 3 is 2.65 bits per heavy atom. The number of ether oxygens (including phenoxy) is 1. The van der Waals surface area contributed by atoms with Gasteiger partial charge in [0.1, 0.15) is 5.65 Å². The number of hydrogen-bond donors (Lipinski definition) is 0. The van der Waals surface area contributed by atoms with E-state index in [9.17, 15) is 4.79 Å². The summed E-state index contributed by atoms with van der Waals surface area (Å²) in [6.07, 6.45) is 3.45. The van der Waals surface area contributed by atoms with E-state index >= 15 is 0 Å². The van der Waals surface area contributed by atoms with Gasteiger partial charge >= 0.3 is 5.97 Å². The molecule has 0 spiro atoms. The number of rotatable bonds is 3. The molecule has 0 amide bonds. The molecule has 0 radical (unpaired) electrons. The Bertz CT molecular complexity index is 1070. The molecular formula is C19H15ClN4O2. The maximum absolute atomic E-state index is 12.5. The maximum atomic E-state index is 12.5. The number of esters is 1. The molecule has 1 aromatic carbocycles. The molecular weight excluding hydrogens is 352 g/mol. The monoisotopic (exact) mass is 366 g/mol. The molecule has 130 valence electrons. The Morgan fingerprint density at radius 1 is 1.15 bits per heavy atom. The van der Waals surface area contributed by atoms with Crippen LogP contribution in [0.2, 0.25) is 5.02 Å². The standard InChI is InChI=1S/C19H15ClN4O2/c1-23(2)17(14-10-21-15-9-8-13(20)11-24(14)15)16-19(25)26-18(22-16)12-6-4-3-5-7-12/h3-11H,1-2H3/b17-16-. The molecule has 26 heavy (non-hydrogen) atoms. The summed E-state index contributed by atoms with van der Waals surface area (Å²) in [6, 6.07) is 12.9. The minimum Gasteiger partial charge on any atom is -0.402 e. The summed E-state index contributed by atoms with van der Waals surface area (Å²) in [5, 5.41) is 0.572. The van der Waals surface area contributed by atoms with Crippen LogP contribution in [-0.2, 0) is 9.53 Å². The highest BCUT2D eigenvalue weighted by molar-refractivity contribution is 6.30. The number of carbonyl (C=O) groups is 1. The Morgan fingerprint density at radius 2 is 1.92 bits per heavy atom. The minimum atomic E-state index is -0.496. The zero-order valence-corrected chi connectivity index (χ0v) is 14.9. The lowest BCUT2D eigenvalue weighted by atomic mass is 10.2. The summed E-state index contributed by atoms with van der Waals surface area (Å²) in [6.45, 7) is 0. The lowest BCUT2D eigenvalue weighted by Gasteiger charge is -2.17. The van der Waals surface area contributed by atoms with E-state index < -0.39 is 5.97 Å². The number of imidazole rings is 1. The lowest BCUT2D eigenvalue weighted by Crippen LogP contribution is -2.16. The van der Waals surface area contributed by atoms with Crippen LogP contribution in [0.5, 0.6) is 0 Å². The molecule has 6 nitrogen and oxygen atoms in total. The van der Waals surface area contributed by atoms with E-state index in [-0.39, 0.29) is 11.6 Å². The van der Waals surface area contributed by atoms with Gasteiger partial charge in [0.25, 0.3) is 0 Å². The molecule has 0 atom stereocenters. The predicted octanol–water partition coefficient (Wildman–Crippen LogP) is 3.22. The van der Waals surface area contributed by atoms with Crippen molar-refractivity contribution in [2.75, 3.05) is 14.1 Å². The highest BCUT2D eigenvalue weighted by atomic mass is 35.5. The number of fused-ring (bicyclic) bond motifs is 1. The number of hydrogen-bond acceptors (Lipinski definition) is 5. The van der Waals surface area contributed by atoms with E-state index in [2.05, 4.69) is 9.98 Å². The molecule has 0 saturated carbocycles. The smallest absolute Gasteiger partial charge is 0.366 e. The number of pyridine rings is 1. The third-order valence-electron chi connectivity index (χ3n) is 4.00. The van der Waals surface area contributed by atoms with Gasteiger partial charge in [0.2, 0.25) is 5.90 Å². The van der Waals surface area contributed by atoms with Crippen LogP contribution in [0.15, 0.2) is 65.5 Å². The molecule has 3 heterocycles. The van der Waals surface area contributed by atoms with Crippen LogP contribution in [0.3, 0.4) is 0 Å². The molecule has 0 fully saturated rings. The van der Waals surface area contributed by atoms with E-state index in [1.54, 1.807) is 18.5 Å².